The first-order valence-corrected chi connectivity index (χ1v) is 9.30. The van der Waals surface area contributed by atoms with E-state index in [1.807, 2.05) is 26.0 Å². The largest absolute Gasteiger partial charge is 0.497 e. The molecule has 158 valence electrons. The van der Waals surface area contributed by atoms with Crippen LogP contribution in [0.25, 0.3) is 0 Å². The van der Waals surface area contributed by atoms with Crippen LogP contribution in [0.5, 0.6) is 23.0 Å². The van der Waals surface area contributed by atoms with E-state index in [-0.39, 0.29) is 0 Å². The molecule has 0 aliphatic rings. The highest BCUT2D eigenvalue weighted by molar-refractivity contribution is 5.81. The lowest BCUT2D eigenvalue weighted by molar-refractivity contribution is -0.144. The number of ether oxygens (including phenoxy) is 4. The third kappa shape index (κ3) is 4.75. The Hall–Kier alpha value is -2.89. The fourth-order valence-corrected chi connectivity index (χ4v) is 3.61. The molecule has 0 saturated heterocycles. The van der Waals surface area contributed by atoms with Gasteiger partial charge in [-0.1, -0.05) is 13.8 Å². The van der Waals surface area contributed by atoms with E-state index in [4.69, 9.17) is 18.9 Å². The van der Waals surface area contributed by atoms with Crippen molar-refractivity contribution in [2.45, 2.75) is 38.0 Å². The lowest BCUT2D eigenvalue weighted by atomic mass is 9.67. The Morgan fingerprint density at radius 3 is 1.38 bits per heavy atom. The predicted molar refractivity (Wildman–Crippen MR) is 112 cm³/mol. The topological polar surface area (TPSA) is 74.2 Å². The van der Waals surface area contributed by atoms with Crippen molar-refractivity contribution in [2.75, 3.05) is 28.4 Å². The number of hydrogen-bond acceptors (Lipinski definition) is 5. The van der Waals surface area contributed by atoms with Crippen molar-refractivity contribution >= 4 is 5.97 Å². The summed E-state index contributed by atoms with van der Waals surface area (Å²) in [4.78, 5) is 12.4. The molecule has 0 bridgehead atoms. The van der Waals surface area contributed by atoms with Crippen LogP contribution in [0, 0.1) is 0 Å². The normalized spacial score (nSPS) is 13.3. The standard InChI is InChI=1S/C23H30O6/c1-22(2,15-8-17(26-4)12-18(9-15)27-5)14-23(3,21(24)25)16-10-19(28-6)13-20(11-16)29-7/h8-13H,14H2,1-7H3,(H,24,25). The van der Waals surface area contributed by atoms with Gasteiger partial charge in [0.25, 0.3) is 0 Å². The number of aliphatic carboxylic acids is 1. The van der Waals surface area contributed by atoms with Crippen molar-refractivity contribution in [1.29, 1.82) is 0 Å². The van der Waals surface area contributed by atoms with Crippen molar-refractivity contribution in [3.63, 3.8) is 0 Å². The smallest absolute Gasteiger partial charge is 0.313 e. The van der Waals surface area contributed by atoms with Crippen LogP contribution in [0.4, 0.5) is 0 Å². The van der Waals surface area contributed by atoms with Gasteiger partial charge in [0.05, 0.1) is 33.9 Å². The first-order chi connectivity index (χ1) is 13.6. The average molecular weight is 402 g/mol. The van der Waals surface area contributed by atoms with Crippen molar-refractivity contribution in [1.82, 2.24) is 0 Å². The molecule has 2 aromatic carbocycles. The van der Waals surface area contributed by atoms with Gasteiger partial charge < -0.3 is 24.1 Å². The van der Waals surface area contributed by atoms with Gasteiger partial charge in [-0.3, -0.25) is 4.79 Å². The number of hydrogen-bond donors (Lipinski definition) is 1. The van der Waals surface area contributed by atoms with E-state index in [1.54, 1.807) is 59.6 Å². The maximum Gasteiger partial charge on any atom is 0.313 e. The summed E-state index contributed by atoms with van der Waals surface area (Å²) in [5.41, 5.74) is -0.132. The van der Waals surface area contributed by atoms with Crippen LogP contribution < -0.4 is 18.9 Å². The van der Waals surface area contributed by atoms with Gasteiger partial charge in [-0.15, -0.1) is 0 Å². The second-order valence-electron chi connectivity index (χ2n) is 7.90. The lowest BCUT2D eigenvalue weighted by Crippen LogP contribution is -2.39. The Morgan fingerprint density at radius 1 is 0.724 bits per heavy atom. The molecule has 1 N–H and O–H groups in total. The van der Waals surface area contributed by atoms with Crippen molar-refractivity contribution in [2.24, 2.45) is 0 Å². The minimum absolute atomic E-state index is 0.335. The van der Waals surface area contributed by atoms with Crippen LogP contribution in [0.2, 0.25) is 0 Å². The zero-order valence-corrected chi connectivity index (χ0v) is 18.2. The molecule has 0 heterocycles. The molecule has 2 rings (SSSR count). The number of benzene rings is 2. The van der Waals surface area contributed by atoms with E-state index in [1.165, 1.54) is 0 Å². The summed E-state index contributed by atoms with van der Waals surface area (Å²) in [5, 5.41) is 10.2. The molecule has 2 aromatic rings. The van der Waals surface area contributed by atoms with Gasteiger partial charge >= 0.3 is 5.97 Å². The lowest BCUT2D eigenvalue weighted by Gasteiger charge is -2.36. The van der Waals surface area contributed by atoms with Crippen LogP contribution in [0.1, 0.15) is 38.3 Å². The SMILES string of the molecule is COc1cc(OC)cc(C(C)(C)CC(C)(C(=O)O)c2cc(OC)cc(OC)c2)c1. The van der Waals surface area contributed by atoms with E-state index >= 15 is 0 Å². The summed E-state index contributed by atoms with van der Waals surface area (Å²) in [5.74, 6) is 1.50. The monoisotopic (exact) mass is 402 g/mol. The molecular weight excluding hydrogens is 372 g/mol. The van der Waals surface area contributed by atoms with Gasteiger partial charge in [-0.25, -0.2) is 0 Å². The molecular formula is C23H30O6. The molecule has 0 aliphatic heterocycles. The number of methoxy groups -OCH3 is 4. The number of rotatable bonds is 9. The molecule has 0 saturated carbocycles. The second-order valence-corrected chi connectivity index (χ2v) is 7.90. The summed E-state index contributed by atoms with van der Waals surface area (Å²) in [7, 11) is 6.27. The van der Waals surface area contributed by atoms with E-state index in [0.29, 0.717) is 35.0 Å². The third-order valence-electron chi connectivity index (χ3n) is 5.39. The molecule has 6 nitrogen and oxygen atoms in total. The third-order valence-corrected chi connectivity index (χ3v) is 5.39. The maximum atomic E-state index is 12.4. The Morgan fingerprint density at radius 2 is 1.07 bits per heavy atom. The molecule has 29 heavy (non-hydrogen) atoms. The van der Waals surface area contributed by atoms with E-state index in [0.717, 1.165) is 5.56 Å². The Kier molecular flexibility index (Phi) is 6.67. The molecule has 0 aromatic heterocycles. The zero-order chi connectivity index (χ0) is 21.8. The quantitative estimate of drug-likeness (QED) is 0.669. The van der Waals surface area contributed by atoms with Crippen molar-refractivity contribution < 1.29 is 28.8 Å². The molecule has 1 unspecified atom stereocenters. The highest BCUT2D eigenvalue weighted by Gasteiger charge is 2.42. The van der Waals surface area contributed by atoms with Gasteiger partial charge in [0.1, 0.15) is 23.0 Å². The molecule has 0 spiro atoms. The minimum Gasteiger partial charge on any atom is -0.497 e. The van der Waals surface area contributed by atoms with E-state index in [2.05, 4.69) is 0 Å². The number of carboxylic acids is 1. The molecule has 0 radical (unpaired) electrons. The summed E-state index contributed by atoms with van der Waals surface area (Å²) >= 11 is 0. The Bertz CT molecular complexity index is 829. The fourth-order valence-electron chi connectivity index (χ4n) is 3.61. The highest BCUT2D eigenvalue weighted by atomic mass is 16.5. The molecule has 1 atom stereocenters. The first kappa shape index (κ1) is 22.4. The summed E-state index contributed by atoms with van der Waals surface area (Å²) in [6, 6.07) is 10.8. The molecule has 6 heteroatoms. The van der Waals surface area contributed by atoms with Gasteiger partial charge in [-0.2, -0.15) is 0 Å². The van der Waals surface area contributed by atoms with Gasteiger partial charge in [-0.05, 0) is 54.2 Å². The number of carbonyl (C=O) groups is 1. The molecule has 0 amide bonds. The maximum absolute atomic E-state index is 12.4. The van der Waals surface area contributed by atoms with E-state index in [9.17, 15) is 9.90 Å². The van der Waals surface area contributed by atoms with Crippen molar-refractivity contribution in [3.05, 3.63) is 47.5 Å². The zero-order valence-electron chi connectivity index (χ0n) is 18.2. The molecule has 0 aliphatic carbocycles. The number of carboxylic acid groups (broad SMARTS) is 1. The first-order valence-electron chi connectivity index (χ1n) is 9.30. The van der Waals surface area contributed by atoms with Gasteiger partial charge in [0.2, 0.25) is 0 Å². The van der Waals surface area contributed by atoms with E-state index < -0.39 is 16.8 Å². The van der Waals surface area contributed by atoms with Gasteiger partial charge in [0.15, 0.2) is 0 Å². The van der Waals surface area contributed by atoms with Crippen LogP contribution in [0.15, 0.2) is 36.4 Å². The second kappa shape index (κ2) is 8.64. The van der Waals surface area contributed by atoms with Gasteiger partial charge in [0, 0.05) is 12.1 Å². The highest BCUT2D eigenvalue weighted by Crippen LogP contribution is 2.43. The van der Waals surface area contributed by atoms with Crippen LogP contribution in [-0.2, 0) is 15.6 Å². The minimum atomic E-state index is -1.18. The summed E-state index contributed by atoms with van der Waals surface area (Å²) < 4.78 is 21.5. The average Bonchev–Trinajstić information content (AvgIpc) is 2.72. The van der Waals surface area contributed by atoms with Crippen molar-refractivity contribution in [3.8, 4) is 23.0 Å². The van der Waals surface area contributed by atoms with Crippen LogP contribution in [-0.4, -0.2) is 39.5 Å². The predicted octanol–water partition coefficient (Wildman–Crippen LogP) is 4.43. The summed E-state index contributed by atoms with van der Waals surface area (Å²) in [6.07, 6.45) is 0.335. The molecule has 0 fully saturated rings. The Balaban J connectivity index is 2.55. The fraction of sp³-hybridized carbons (Fsp3) is 0.435. The summed E-state index contributed by atoms with van der Waals surface area (Å²) in [6.45, 7) is 5.75. The van der Waals surface area contributed by atoms with Crippen LogP contribution in [0.3, 0.4) is 0 Å². The van der Waals surface area contributed by atoms with Crippen LogP contribution >= 0.6 is 0 Å². The Labute approximate surface area is 172 Å².